The van der Waals surface area contributed by atoms with E-state index in [1.54, 1.807) is 0 Å². The summed E-state index contributed by atoms with van der Waals surface area (Å²) >= 11 is 3.62. The Balaban J connectivity index is 2.37. The molecule has 1 heterocycles. The maximum Gasteiger partial charge on any atom is 0.0334 e. The average Bonchev–Trinajstić information content (AvgIpc) is 2.57. The molecule has 0 saturated carbocycles. The molecule has 1 unspecified atom stereocenters. The summed E-state index contributed by atoms with van der Waals surface area (Å²) in [5, 5.41) is 3.52. The minimum Gasteiger partial charge on any atom is -0.310 e. The number of benzene rings is 1. The second kappa shape index (κ2) is 3.81. The first kappa shape index (κ1) is 9.22. The fourth-order valence-corrected chi connectivity index (χ4v) is 2.76. The van der Waals surface area contributed by atoms with Crippen LogP contribution in [0.4, 0.5) is 0 Å². The lowest BCUT2D eigenvalue weighted by molar-refractivity contribution is 0.641. The lowest BCUT2D eigenvalue weighted by atomic mass is 10.0. The number of hydrogen-bond donors (Lipinski definition) is 1. The summed E-state index contributed by atoms with van der Waals surface area (Å²) in [6, 6.07) is 6.97. The summed E-state index contributed by atoms with van der Waals surface area (Å²) < 4.78 is 1.24. The molecule has 13 heavy (non-hydrogen) atoms. The lowest BCUT2D eigenvalue weighted by Crippen LogP contribution is -2.14. The largest absolute Gasteiger partial charge is 0.310 e. The Morgan fingerprint density at radius 2 is 2.31 bits per heavy atom. The fraction of sp³-hybridized carbons (Fsp3) is 0.455. The molecule has 1 saturated heterocycles. The van der Waals surface area contributed by atoms with Crippen molar-refractivity contribution in [3.05, 3.63) is 33.8 Å². The molecule has 1 fully saturated rings. The Kier molecular flexibility index (Phi) is 2.70. The molecular weight excluding hydrogens is 226 g/mol. The number of hydrogen-bond acceptors (Lipinski definition) is 1. The summed E-state index contributed by atoms with van der Waals surface area (Å²) in [6.45, 7) is 3.34. The van der Waals surface area contributed by atoms with Gasteiger partial charge >= 0.3 is 0 Å². The summed E-state index contributed by atoms with van der Waals surface area (Å²) in [5.74, 6) is 0. The highest BCUT2D eigenvalue weighted by Gasteiger charge is 2.19. The lowest BCUT2D eigenvalue weighted by Gasteiger charge is -2.15. The van der Waals surface area contributed by atoms with Crippen LogP contribution >= 0.6 is 15.9 Å². The van der Waals surface area contributed by atoms with Crippen molar-refractivity contribution in [1.29, 1.82) is 0 Å². The van der Waals surface area contributed by atoms with Gasteiger partial charge in [-0.3, -0.25) is 0 Å². The molecule has 0 aliphatic carbocycles. The van der Waals surface area contributed by atoms with E-state index >= 15 is 0 Å². The highest BCUT2D eigenvalue weighted by molar-refractivity contribution is 9.10. The number of nitrogens with one attached hydrogen (secondary N) is 1. The molecule has 0 radical (unpaired) electrons. The normalized spacial score (nSPS) is 22.2. The zero-order valence-corrected chi connectivity index (χ0v) is 9.39. The van der Waals surface area contributed by atoms with Gasteiger partial charge in [-0.05, 0) is 43.5 Å². The first-order valence-corrected chi connectivity index (χ1v) is 5.57. The quantitative estimate of drug-likeness (QED) is 0.794. The second-order valence-corrected chi connectivity index (χ2v) is 4.47. The molecule has 0 spiro atoms. The van der Waals surface area contributed by atoms with Crippen molar-refractivity contribution in [2.45, 2.75) is 25.8 Å². The minimum atomic E-state index is 0.565. The third-order valence-corrected chi connectivity index (χ3v) is 3.37. The number of rotatable bonds is 1. The van der Waals surface area contributed by atoms with E-state index in [0.29, 0.717) is 6.04 Å². The molecule has 2 heteroatoms. The van der Waals surface area contributed by atoms with Crippen molar-refractivity contribution in [3.63, 3.8) is 0 Å². The van der Waals surface area contributed by atoms with Crippen molar-refractivity contribution in [2.24, 2.45) is 0 Å². The number of aryl methyl sites for hydroxylation is 1. The van der Waals surface area contributed by atoms with Crippen LogP contribution in [0.2, 0.25) is 0 Å². The van der Waals surface area contributed by atoms with Crippen LogP contribution in [0.15, 0.2) is 22.7 Å². The standard InChI is InChI=1S/C11H14BrN/c1-8-4-2-5-9(12)11(8)10-6-3-7-13-10/h2,4-5,10,13H,3,6-7H2,1H3. The predicted octanol–water partition coefficient (Wildman–Crippen LogP) is 3.18. The fourth-order valence-electron chi connectivity index (χ4n) is 2.02. The van der Waals surface area contributed by atoms with Crippen molar-refractivity contribution >= 4 is 15.9 Å². The van der Waals surface area contributed by atoms with Crippen LogP contribution in [-0.4, -0.2) is 6.54 Å². The maximum absolute atomic E-state index is 3.62. The van der Waals surface area contributed by atoms with Gasteiger partial charge in [0.15, 0.2) is 0 Å². The van der Waals surface area contributed by atoms with Gasteiger partial charge < -0.3 is 5.32 Å². The zero-order valence-electron chi connectivity index (χ0n) is 7.81. The summed E-state index contributed by atoms with van der Waals surface area (Å²) in [5.41, 5.74) is 2.83. The highest BCUT2D eigenvalue weighted by Crippen LogP contribution is 2.31. The first-order valence-electron chi connectivity index (χ1n) is 4.77. The van der Waals surface area contributed by atoms with Crippen LogP contribution < -0.4 is 5.32 Å². The molecule has 1 nitrogen and oxygen atoms in total. The van der Waals surface area contributed by atoms with Gasteiger partial charge in [0.1, 0.15) is 0 Å². The van der Waals surface area contributed by atoms with Crippen LogP contribution in [-0.2, 0) is 0 Å². The third-order valence-electron chi connectivity index (χ3n) is 2.68. The van der Waals surface area contributed by atoms with E-state index in [4.69, 9.17) is 0 Å². The molecule has 0 amide bonds. The number of halogens is 1. The molecular formula is C11H14BrN. The van der Waals surface area contributed by atoms with Crippen LogP contribution in [0, 0.1) is 6.92 Å². The first-order chi connectivity index (χ1) is 6.29. The molecule has 1 atom stereocenters. The predicted molar refractivity (Wildman–Crippen MR) is 58.9 cm³/mol. The van der Waals surface area contributed by atoms with Gasteiger partial charge in [-0.25, -0.2) is 0 Å². The van der Waals surface area contributed by atoms with Crippen molar-refractivity contribution < 1.29 is 0 Å². The Bertz CT molecular complexity index is 283. The molecule has 2 rings (SSSR count). The van der Waals surface area contributed by atoms with Gasteiger partial charge in [0.25, 0.3) is 0 Å². The summed E-state index contributed by atoms with van der Waals surface area (Å²) in [6.07, 6.45) is 2.56. The van der Waals surface area contributed by atoms with Gasteiger partial charge in [0, 0.05) is 10.5 Å². The summed E-state index contributed by atoms with van der Waals surface area (Å²) in [7, 11) is 0. The molecule has 1 aromatic carbocycles. The van der Waals surface area contributed by atoms with E-state index in [-0.39, 0.29) is 0 Å². The van der Waals surface area contributed by atoms with E-state index in [0.717, 1.165) is 6.54 Å². The second-order valence-electron chi connectivity index (χ2n) is 3.62. The molecule has 70 valence electrons. The summed E-state index contributed by atoms with van der Waals surface area (Å²) in [4.78, 5) is 0. The molecule has 1 aliphatic rings. The van der Waals surface area contributed by atoms with Crippen LogP contribution in [0.1, 0.15) is 30.0 Å². The zero-order chi connectivity index (χ0) is 9.26. The van der Waals surface area contributed by atoms with Crippen LogP contribution in [0.3, 0.4) is 0 Å². The van der Waals surface area contributed by atoms with Gasteiger partial charge in [-0.2, -0.15) is 0 Å². The van der Waals surface area contributed by atoms with E-state index in [1.165, 1.54) is 28.4 Å². The van der Waals surface area contributed by atoms with Crippen molar-refractivity contribution in [3.8, 4) is 0 Å². The Labute approximate surface area is 87.7 Å². The van der Waals surface area contributed by atoms with E-state index in [2.05, 4.69) is 46.4 Å². The SMILES string of the molecule is Cc1cccc(Br)c1C1CCCN1. The Morgan fingerprint density at radius 1 is 1.46 bits per heavy atom. The van der Waals surface area contributed by atoms with Crippen LogP contribution in [0.25, 0.3) is 0 Å². The smallest absolute Gasteiger partial charge is 0.0334 e. The monoisotopic (exact) mass is 239 g/mol. The minimum absolute atomic E-state index is 0.565. The van der Waals surface area contributed by atoms with Crippen molar-refractivity contribution in [2.75, 3.05) is 6.54 Å². The maximum atomic E-state index is 3.62. The highest BCUT2D eigenvalue weighted by atomic mass is 79.9. The van der Waals surface area contributed by atoms with E-state index in [9.17, 15) is 0 Å². The molecule has 1 aromatic rings. The molecule has 1 N–H and O–H groups in total. The topological polar surface area (TPSA) is 12.0 Å². The molecule has 0 bridgehead atoms. The van der Waals surface area contributed by atoms with E-state index < -0.39 is 0 Å². The average molecular weight is 240 g/mol. The van der Waals surface area contributed by atoms with Gasteiger partial charge in [0.05, 0.1) is 0 Å². The molecule has 0 aromatic heterocycles. The van der Waals surface area contributed by atoms with E-state index in [1.807, 2.05) is 0 Å². The Morgan fingerprint density at radius 3 is 2.92 bits per heavy atom. The molecule has 1 aliphatic heterocycles. The van der Waals surface area contributed by atoms with Crippen molar-refractivity contribution in [1.82, 2.24) is 5.32 Å². The van der Waals surface area contributed by atoms with Gasteiger partial charge in [0.2, 0.25) is 0 Å². The Hall–Kier alpha value is -0.340. The third kappa shape index (κ3) is 1.79. The van der Waals surface area contributed by atoms with Gasteiger partial charge in [-0.15, -0.1) is 0 Å². The van der Waals surface area contributed by atoms with Gasteiger partial charge in [-0.1, -0.05) is 28.1 Å². The van der Waals surface area contributed by atoms with Crippen LogP contribution in [0.5, 0.6) is 0 Å².